The Balaban J connectivity index is 1.37. The number of non-ortho nitro benzene ring substituents is 1. The number of phenols is 1. The quantitative estimate of drug-likeness (QED) is 0.434. The molecule has 4 aliphatic carbocycles. The molecule has 0 heterocycles. The van der Waals surface area contributed by atoms with Crippen LogP contribution in [-0.4, -0.2) is 16.2 Å². The summed E-state index contributed by atoms with van der Waals surface area (Å²) in [4.78, 5) is 14.9. The molecule has 6 rings (SSSR count). The lowest BCUT2D eigenvalue weighted by atomic mass is 9.48. The highest BCUT2D eigenvalue weighted by Gasteiger charge is 2.51. The molecule has 144 valence electrons. The van der Waals surface area contributed by atoms with Crippen LogP contribution in [0.15, 0.2) is 47.5 Å². The first kappa shape index (κ1) is 17.4. The van der Waals surface area contributed by atoms with Crippen LogP contribution in [-0.2, 0) is 5.41 Å². The summed E-state index contributed by atoms with van der Waals surface area (Å²) in [6.45, 7) is 0. The first-order valence-electron chi connectivity index (χ1n) is 10.1. The SMILES string of the molecule is O=[N+]([O-])c1ccc(O)c(C=Nc2ccc(C34CC5CC(CC(C5)C3)C4)cc2)c1. The summed E-state index contributed by atoms with van der Waals surface area (Å²) < 4.78 is 0. The van der Waals surface area contributed by atoms with Crippen LogP contribution in [0.1, 0.15) is 49.7 Å². The zero-order chi connectivity index (χ0) is 19.3. The maximum atomic E-state index is 10.9. The fraction of sp³-hybridized carbons (Fsp3) is 0.435. The van der Waals surface area contributed by atoms with Gasteiger partial charge in [-0.15, -0.1) is 0 Å². The third-order valence-electron chi connectivity index (χ3n) is 7.09. The summed E-state index contributed by atoms with van der Waals surface area (Å²) in [6, 6.07) is 12.4. The van der Waals surface area contributed by atoms with Crippen LogP contribution in [0.25, 0.3) is 0 Å². The Morgan fingerprint density at radius 2 is 1.61 bits per heavy atom. The number of phenolic OH excluding ortho intramolecular Hbond substituents is 1. The molecule has 0 unspecified atom stereocenters. The van der Waals surface area contributed by atoms with Crippen molar-refractivity contribution >= 4 is 17.6 Å². The number of nitro benzene ring substituents is 1. The van der Waals surface area contributed by atoms with Crippen LogP contribution < -0.4 is 0 Å². The molecule has 4 saturated carbocycles. The fourth-order valence-corrected chi connectivity index (χ4v) is 6.27. The van der Waals surface area contributed by atoms with E-state index in [1.165, 1.54) is 68.5 Å². The Hall–Kier alpha value is -2.69. The summed E-state index contributed by atoms with van der Waals surface area (Å²) in [5.41, 5.74) is 2.90. The van der Waals surface area contributed by atoms with E-state index < -0.39 is 4.92 Å². The van der Waals surface area contributed by atoms with Gasteiger partial charge in [0, 0.05) is 23.9 Å². The van der Waals surface area contributed by atoms with Crippen LogP contribution in [0.2, 0.25) is 0 Å². The summed E-state index contributed by atoms with van der Waals surface area (Å²) in [6.07, 6.45) is 9.81. The Labute approximate surface area is 164 Å². The molecule has 1 N–H and O–H groups in total. The van der Waals surface area contributed by atoms with Crippen molar-refractivity contribution in [1.29, 1.82) is 0 Å². The molecule has 4 bridgehead atoms. The van der Waals surface area contributed by atoms with Crippen molar-refractivity contribution in [3.63, 3.8) is 0 Å². The molecule has 5 heteroatoms. The molecular formula is C23H24N2O3. The van der Waals surface area contributed by atoms with Crippen molar-refractivity contribution in [1.82, 2.24) is 0 Å². The topological polar surface area (TPSA) is 75.7 Å². The average Bonchev–Trinajstić information content (AvgIpc) is 2.66. The van der Waals surface area contributed by atoms with Gasteiger partial charge in [0.15, 0.2) is 0 Å². The summed E-state index contributed by atoms with van der Waals surface area (Å²) in [5, 5.41) is 20.8. The van der Waals surface area contributed by atoms with Crippen LogP contribution >= 0.6 is 0 Å². The van der Waals surface area contributed by atoms with E-state index in [9.17, 15) is 15.2 Å². The molecule has 0 saturated heterocycles. The smallest absolute Gasteiger partial charge is 0.270 e. The molecule has 0 radical (unpaired) electrons. The molecule has 0 aromatic heterocycles. The molecule has 5 nitrogen and oxygen atoms in total. The minimum absolute atomic E-state index is 0.0143. The zero-order valence-electron chi connectivity index (χ0n) is 15.8. The Morgan fingerprint density at radius 3 is 2.18 bits per heavy atom. The monoisotopic (exact) mass is 376 g/mol. The van der Waals surface area contributed by atoms with Gasteiger partial charge in [0.05, 0.1) is 10.6 Å². The maximum absolute atomic E-state index is 10.9. The van der Waals surface area contributed by atoms with E-state index in [0.717, 1.165) is 23.4 Å². The fourth-order valence-electron chi connectivity index (χ4n) is 6.27. The zero-order valence-corrected chi connectivity index (χ0v) is 15.8. The highest BCUT2D eigenvalue weighted by Crippen LogP contribution is 2.60. The van der Waals surface area contributed by atoms with Crippen LogP contribution in [0, 0.1) is 27.9 Å². The van der Waals surface area contributed by atoms with Gasteiger partial charge in [-0.3, -0.25) is 15.1 Å². The second-order valence-electron chi connectivity index (χ2n) is 9.00. The third-order valence-corrected chi connectivity index (χ3v) is 7.09. The van der Waals surface area contributed by atoms with Crippen molar-refractivity contribution in [2.75, 3.05) is 0 Å². The lowest BCUT2D eigenvalue weighted by Crippen LogP contribution is -2.48. The summed E-state index contributed by atoms with van der Waals surface area (Å²) in [7, 11) is 0. The predicted molar refractivity (Wildman–Crippen MR) is 108 cm³/mol. The number of aromatic hydroxyl groups is 1. The van der Waals surface area contributed by atoms with Gasteiger partial charge in [0.1, 0.15) is 5.75 Å². The second-order valence-corrected chi connectivity index (χ2v) is 9.00. The van der Waals surface area contributed by atoms with Gasteiger partial charge in [-0.2, -0.15) is 0 Å². The third kappa shape index (κ3) is 2.99. The van der Waals surface area contributed by atoms with E-state index in [0.29, 0.717) is 11.0 Å². The van der Waals surface area contributed by atoms with Gasteiger partial charge in [-0.05, 0) is 85.5 Å². The van der Waals surface area contributed by atoms with Crippen LogP contribution in [0.3, 0.4) is 0 Å². The van der Waals surface area contributed by atoms with Gasteiger partial charge < -0.3 is 5.11 Å². The largest absolute Gasteiger partial charge is 0.507 e. The van der Waals surface area contributed by atoms with E-state index in [4.69, 9.17) is 0 Å². The highest BCUT2D eigenvalue weighted by atomic mass is 16.6. The summed E-state index contributed by atoms with van der Waals surface area (Å²) in [5.74, 6) is 2.74. The molecule has 2 aromatic rings. The lowest BCUT2D eigenvalue weighted by Gasteiger charge is -2.57. The average molecular weight is 376 g/mol. The minimum atomic E-state index is -0.475. The van der Waals surface area contributed by atoms with Crippen molar-refractivity contribution in [3.05, 3.63) is 63.7 Å². The standard InChI is InChI=1S/C23H24N2O3/c26-22-6-5-21(25(27)28)10-18(22)14-24-20-3-1-19(2-4-20)23-11-15-7-16(12-23)9-17(8-15)13-23/h1-6,10,14-17,26H,7-9,11-13H2. The molecule has 4 fully saturated rings. The van der Waals surface area contributed by atoms with Gasteiger partial charge in [-0.25, -0.2) is 0 Å². The first-order chi connectivity index (χ1) is 13.5. The predicted octanol–water partition coefficient (Wildman–Crippen LogP) is 5.52. The van der Waals surface area contributed by atoms with Crippen molar-refractivity contribution in [2.24, 2.45) is 22.7 Å². The number of benzene rings is 2. The van der Waals surface area contributed by atoms with E-state index in [1.54, 1.807) is 0 Å². The van der Waals surface area contributed by atoms with Crippen molar-refractivity contribution in [3.8, 4) is 5.75 Å². The van der Waals surface area contributed by atoms with E-state index in [2.05, 4.69) is 17.1 Å². The van der Waals surface area contributed by atoms with Gasteiger partial charge in [0.25, 0.3) is 5.69 Å². The highest BCUT2D eigenvalue weighted by molar-refractivity contribution is 5.86. The minimum Gasteiger partial charge on any atom is -0.507 e. The van der Waals surface area contributed by atoms with E-state index >= 15 is 0 Å². The van der Waals surface area contributed by atoms with E-state index in [1.807, 2.05) is 12.1 Å². The number of aliphatic imine (C=N–C) groups is 1. The molecule has 0 amide bonds. The van der Waals surface area contributed by atoms with Crippen molar-refractivity contribution < 1.29 is 10.0 Å². The Morgan fingerprint density at radius 1 is 1.00 bits per heavy atom. The van der Waals surface area contributed by atoms with Crippen LogP contribution in [0.4, 0.5) is 11.4 Å². The summed E-state index contributed by atoms with van der Waals surface area (Å²) >= 11 is 0. The van der Waals surface area contributed by atoms with Crippen LogP contribution in [0.5, 0.6) is 5.75 Å². The molecule has 0 aliphatic heterocycles. The number of rotatable bonds is 4. The first-order valence-corrected chi connectivity index (χ1v) is 10.1. The van der Waals surface area contributed by atoms with Gasteiger partial charge in [-0.1, -0.05) is 12.1 Å². The lowest BCUT2D eigenvalue weighted by molar-refractivity contribution is -0.384. The molecule has 4 aliphatic rings. The Bertz CT molecular complexity index is 914. The number of nitro groups is 1. The van der Waals surface area contributed by atoms with Gasteiger partial charge in [0.2, 0.25) is 0 Å². The molecule has 0 spiro atoms. The Kier molecular flexibility index (Phi) is 4.00. The molecule has 2 aromatic carbocycles. The number of hydrogen-bond acceptors (Lipinski definition) is 4. The maximum Gasteiger partial charge on any atom is 0.270 e. The second kappa shape index (κ2) is 6.43. The van der Waals surface area contributed by atoms with Crippen molar-refractivity contribution in [2.45, 2.75) is 43.9 Å². The molecule has 28 heavy (non-hydrogen) atoms. The number of hydrogen-bond donors (Lipinski definition) is 1. The molecular weight excluding hydrogens is 352 g/mol. The molecule has 0 atom stereocenters. The van der Waals surface area contributed by atoms with Gasteiger partial charge >= 0.3 is 0 Å². The number of nitrogens with zero attached hydrogens (tertiary/aromatic N) is 2. The normalized spacial score (nSPS) is 30.8. The van der Waals surface area contributed by atoms with E-state index in [-0.39, 0.29) is 11.4 Å².